The maximum Gasteiger partial charge on any atom is 0.217 e. The zero-order chi connectivity index (χ0) is 24.1. The lowest BCUT2D eigenvalue weighted by Crippen LogP contribution is -2.59. The number of hydrogen-bond donors (Lipinski definition) is 1. The number of nitriles is 3. The second-order valence-electron chi connectivity index (χ2n) is 8.88. The van der Waals surface area contributed by atoms with E-state index in [1.807, 2.05) is 13.8 Å². The Hall–Kier alpha value is -3.08. The molecule has 3 rings (SSSR count). The van der Waals surface area contributed by atoms with Gasteiger partial charge >= 0.3 is 0 Å². The molecule has 0 amide bonds. The Morgan fingerprint density at radius 3 is 2.21 bits per heavy atom. The van der Waals surface area contributed by atoms with Crippen molar-refractivity contribution in [2.75, 3.05) is 6.61 Å². The van der Waals surface area contributed by atoms with E-state index in [9.17, 15) is 15.8 Å². The number of hydrogen-bond acceptors (Lipinski definition) is 7. The van der Waals surface area contributed by atoms with Gasteiger partial charge in [0.15, 0.2) is 5.41 Å². The Labute approximate surface area is 196 Å². The highest BCUT2D eigenvalue weighted by molar-refractivity contribution is 5.89. The predicted molar refractivity (Wildman–Crippen MR) is 122 cm³/mol. The zero-order valence-corrected chi connectivity index (χ0v) is 19.7. The van der Waals surface area contributed by atoms with E-state index in [2.05, 4.69) is 25.1 Å². The molecule has 2 bridgehead atoms. The summed E-state index contributed by atoms with van der Waals surface area (Å²) in [6.45, 7) is 6.64. The first-order valence-electron chi connectivity index (χ1n) is 11.9. The van der Waals surface area contributed by atoms with Gasteiger partial charge in [-0.05, 0) is 37.0 Å². The van der Waals surface area contributed by atoms with Crippen molar-refractivity contribution < 1.29 is 14.2 Å². The summed E-state index contributed by atoms with van der Waals surface area (Å²) in [5.74, 6) is -1.46. The molecule has 4 unspecified atom stereocenters. The highest BCUT2D eigenvalue weighted by Gasteiger charge is 2.79. The minimum absolute atomic E-state index is 0.345. The third-order valence-electron chi connectivity index (χ3n) is 7.00. The standard InChI is InChI=1S/C26H32N4O3/c1-4-7-8-9-15-31-20-12-10-19(11-13-20)22-24(16-27,17-28)25(18-29)21(6-3)26(32-22,14-5-2)33-23(25)30/h10-13,21-22,30H,4-9,14-15H2,1-3H3. The van der Waals surface area contributed by atoms with Crippen LogP contribution in [0.25, 0.3) is 0 Å². The molecule has 33 heavy (non-hydrogen) atoms. The highest BCUT2D eigenvalue weighted by atomic mass is 16.7. The van der Waals surface area contributed by atoms with Gasteiger partial charge in [0.05, 0.1) is 30.7 Å². The van der Waals surface area contributed by atoms with Crippen LogP contribution >= 0.6 is 0 Å². The van der Waals surface area contributed by atoms with Crippen molar-refractivity contribution in [2.24, 2.45) is 16.7 Å². The van der Waals surface area contributed by atoms with Crippen molar-refractivity contribution in [3.05, 3.63) is 29.8 Å². The topological polar surface area (TPSA) is 123 Å². The smallest absolute Gasteiger partial charge is 0.217 e. The summed E-state index contributed by atoms with van der Waals surface area (Å²) in [6, 6.07) is 13.5. The second-order valence-corrected chi connectivity index (χ2v) is 8.88. The summed E-state index contributed by atoms with van der Waals surface area (Å²) < 4.78 is 18.2. The van der Waals surface area contributed by atoms with Crippen LogP contribution in [-0.2, 0) is 9.47 Å². The number of ether oxygens (including phenoxy) is 3. The van der Waals surface area contributed by atoms with Crippen LogP contribution in [0.5, 0.6) is 5.75 Å². The summed E-state index contributed by atoms with van der Waals surface area (Å²) >= 11 is 0. The number of fused-ring (bicyclic) bond motifs is 2. The third kappa shape index (κ3) is 3.64. The van der Waals surface area contributed by atoms with Crippen LogP contribution < -0.4 is 4.74 Å². The Bertz CT molecular complexity index is 973. The van der Waals surface area contributed by atoms with Crippen LogP contribution in [0, 0.1) is 56.2 Å². The minimum Gasteiger partial charge on any atom is -0.494 e. The van der Waals surface area contributed by atoms with Crippen molar-refractivity contribution in [2.45, 2.75) is 77.6 Å². The van der Waals surface area contributed by atoms with Crippen molar-refractivity contribution in [3.8, 4) is 24.0 Å². The van der Waals surface area contributed by atoms with E-state index in [1.165, 1.54) is 12.8 Å². The second kappa shape index (κ2) is 9.82. The number of benzene rings is 1. The van der Waals surface area contributed by atoms with Gasteiger partial charge in [-0.15, -0.1) is 0 Å². The molecule has 7 nitrogen and oxygen atoms in total. The van der Waals surface area contributed by atoms with E-state index in [0.717, 1.165) is 12.8 Å². The van der Waals surface area contributed by atoms with Crippen molar-refractivity contribution in [1.82, 2.24) is 0 Å². The molecule has 0 radical (unpaired) electrons. The first-order valence-corrected chi connectivity index (χ1v) is 11.9. The van der Waals surface area contributed by atoms with Crippen molar-refractivity contribution in [3.63, 3.8) is 0 Å². The maximum atomic E-state index is 10.3. The van der Waals surface area contributed by atoms with Gasteiger partial charge in [-0.25, -0.2) is 0 Å². The predicted octanol–water partition coefficient (Wildman–Crippen LogP) is 5.79. The molecule has 2 saturated heterocycles. The monoisotopic (exact) mass is 448 g/mol. The molecule has 1 N–H and O–H groups in total. The summed E-state index contributed by atoms with van der Waals surface area (Å²) in [7, 11) is 0. The maximum absolute atomic E-state index is 10.3. The average Bonchev–Trinajstić information content (AvgIpc) is 3.02. The number of unbranched alkanes of at least 4 members (excludes halogenated alkanes) is 3. The summed E-state index contributed by atoms with van der Waals surface area (Å²) in [5.41, 5.74) is -3.04. The fourth-order valence-electron chi connectivity index (χ4n) is 5.43. The summed E-state index contributed by atoms with van der Waals surface area (Å²) in [4.78, 5) is 0. The first kappa shape index (κ1) is 24.6. The first-order chi connectivity index (χ1) is 15.9. The van der Waals surface area contributed by atoms with Crippen molar-refractivity contribution >= 4 is 5.90 Å². The Morgan fingerprint density at radius 2 is 1.67 bits per heavy atom. The lowest BCUT2D eigenvalue weighted by molar-refractivity contribution is -0.286. The van der Waals surface area contributed by atoms with E-state index in [1.54, 1.807) is 24.3 Å². The van der Waals surface area contributed by atoms with E-state index >= 15 is 0 Å². The molecular formula is C26H32N4O3. The van der Waals surface area contributed by atoms with Gasteiger partial charge in [0.25, 0.3) is 0 Å². The minimum atomic E-state index is -1.92. The van der Waals surface area contributed by atoms with Crippen LogP contribution in [0.2, 0.25) is 0 Å². The van der Waals surface area contributed by atoms with Gasteiger partial charge in [-0.2, -0.15) is 15.8 Å². The molecule has 2 heterocycles. The molecule has 2 aliphatic heterocycles. The largest absolute Gasteiger partial charge is 0.494 e. The molecule has 1 aromatic carbocycles. The third-order valence-corrected chi connectivity index (χ3v) is 7.00. The number of nitrogens with one attached hydrogen (secondary N) is 1. The lowest BCUT2D eigenvalue weighted by atomic mass is 9.52. The Kier molecular flexibility index (Phi) is 7.31. The van der Waals surface area contributed by atoms with Gasteiger partial charge in [-0.3, -0.25) is 5.41 Å². The average molecular weight is 449 g/mol. The molecule has 1 aromatic rings. The highest BCUT2D eigenvalue weighted by Crippen LogP contribution is 2.68. The van der Waals surface area contributed by atoms with E-state index < -0.39 is 28.6 Å². The van der Waals surface area contributed by atoms with E-state index in [-0.39, 0.29) is 5.90 Å². The Morgan fingerprint density at radius 1 is 0.970 bits per heavy atom. The quantitative estimate of drug-likeness (QED) is 0.452. The van der Waals surface area contributed by atoms with Crippen LogP contribution in [0.3, 0.4) is 0 Å². The van der Waals surface area contributed by atoms with Gasteiger partial charge in [-0.1, -0.05) is 52.2 Å². The zero-order valence-electron chi connectivity index (χ0n) is 19.7. The SMILES string of the molecule is CCCCCCOc1ccc(C2OC3(CCC)OC(=N)C(C#N)(C3CC)C2(C#N)C#N)cc1. The molecule has 2 fully saturated rings. The van der Waals surface area contributed by atoms with Crippen LogP contribution in [-0.4, -0.2) is 18.3 Å². The lowest BCUT2D eigenvalue weighted by Gasteiger charge is -2.49. The summed E-state index contributed by atoms with van der Waals surface area (Å²) in [6.07, 6.45) is 5.02. The molecule has 0 aliphatic carbocycles. The molecule has 174 valence electrons. The number of rotatable bonds is 10. The van der Waals surface area contributed by atoms with E-state index in [4.69, 9.17) is 19.6 Å². The molecule has 2 aliphatic rings. The fraction of sp³-hybridized carbons (Fsp3) is 0.615. The Balaban J connectivity index is 2.00. The van der Waals surface area contributed by atoms with E-state index in [0.29, 0.717) is 37.2 Å². The fourth-order valence-corrected chi connectivity index (χ4v) is 5.43. The molecule has 0 spiro atoms. The van der Waals surface area contributed by atoms with Gasteiger partial charge in [0, 0.05) is 6.42 Å². The van der Waals surface area contributed by atoms with Crippen LogP contribution in [0.15, 0.2) is 24.3 Å². The van der Waals surface area contributed by atoms with Crippen molar-refractivity contribution in [1.29, 1.82) is 21.2 Å². The van der Waals surface area contributed by atoms with Crippen LogP contribution in [0.1, 0.15) is 77.4 Å². The normalized spacial score (nSPS) is 29.4. The van der Waals surface area contributed by atoms with Crippen LogP contribution in [0.4, 0.5) is 0 Å². The number of nitrogens with zero attached hydrogens (tertiary/aromatic N) is 3. The van der Waals surface area contributed by atoms with Gasteiger partial charge in [0.2, 0.25) is 17.1 Å². The van der Waals surface area contributed by atoms with Gasteiger partial charge in [0.1, 0.15) is 11.9 Å². The molecule has 0 saturated carbocycles. The molecule has 0 aromatic heterocycles. The molecule has 4 atom stereocenters. The summed E-state index contributed by atoms with van der Waals surface area (Å²) in [5, 5.41) is 39.5. The molecular weight excluding hydrogens is 416 g/mol. The molecule has 7 heteroatoms. The van der Waals surface area contributed by atoms with Gasteiger partial charge < -0.3 is 14.2 Å².